The molecule has 0 atom stereocenters. The van der Waals surface area contributed by atoms with E-state index in [1.54, 1.807) is 0 Å². The van der Waals surface area contributed by atoms with E-state index in [0.29, 0.717) is 6.61 Å². The minimum Gasteiger partial charge on any atom is -0.375 e. The van der Waals surface area contributed by atoms with Crippen LogP contribution in [0, 0.1) is 0 Å². The van der Waals surface area contributed by atoms with Crippen molar-refractivity contribution in [1.29, 1.82) is 0 Å². The molecule has 2 heterocycles. The first-order valence-corrected chi connectivity index (χ1v) is 8.65. The number of halogens is 1. The molecule has 23 heavy (non-hydrogen) atoms. The third-order valence-corrected chi connectivity index (χ3v) is 4.98. The van der Waals surface area contributed by atoms with Crippen LogP contribution in [0.25, 0.3) is 16.5 Å². The van der Waals surface area contributed by atoms with Crippen LogP contribution in [0.1, 0.15) is 23.2 Å². The summed E-state index contributed by atoms with van der Waals surface area (Å²) in [6, 6.07) is 17.1. The van der Waals surface area contributed by atoms with Gasteiger partial charge in [-0.25, -0.2) is 0 Å². The van der Waals surface area contributed by atoms with E-state index in [1.165, 1.54) is 33.3 Å². The SMILES string of the molecule is Cn1c2c(c3cc(Br)ccc31)/C(c1ccccc1)=C\CCOC2. The Morgan fingerprint density at radius 3 is 2.74 bits per heavy atom. The normalized spacial score (nSPS) is 17.2. The van der Waals surface area contributed by atoms with E-state index in [0.717, 1.165) is 17.5 Å². The molecule has 0 spiro atoms. The minimum atomic E-state index is 0.655. The summed E-state index contributed by atoms with van der Waals surface area (Å²) in [6.45, 7) is 1.42. The monoisotopic (exact) mass is 367 g/mol. The van der Waals surface area contributed by atoms with Gasteiger partial charge in [-0.3, -0.25) is 0 Å². The number of benzene rings is 2. The second-order valence-electron chi connectivity index (χ2n) is 5.87. The van der Waals surface area contributed by atoms with Gasteiger partial charge in [0.05, 0.1) is 18.9 Å². The molecule has 0 bridgehead atoms. The Labute approximate surface area is 144 Å². The predicted octanol–water partition coefficient (Wildman–Crippen LogP) is 5.29. The molecule has 116 valence electrons. The highest BCUT2D eigenvalue weighted by Crippen LogP contribution is 2.37. The van der Waals surface area contributed by atoms with Gasteiger partial charge in [-0.1, -0.05) is 52.3 Å². The third kappa shape index (κ3) is 2.54. The fourth-order valence-corrected chi connectivity index (χ4v) is 3.74. The number of aromatic nitrogens is 1. The Hall–Kier alpha value is -1.84. The van der Waals surface area contributed by atoms with Crippen molar-refractivity contribution in [2.45, 2.75) is 13.0 Å². The standard InChI is InChI=1S/C20H18BrNO/c1-22-18-10-9-15(21)12-17(18)20-16(14-6-3-2-4-7-14)8-5-11-23-13-19(20)22/h2-4,6-10,12H,5,11,13H2,1H3/b16-8-. The molecule has 2 nitrogen and oxygen atoms in total. The quantitative estimate of drug-likeness (QED) is 0.569. The smallest absolute Gasteiger partial charge is 0.0874 e. The Balaban J connectivity index is 2.06. The van der Waals surface area contributed by atoms with Crippen LogP contribution < -0.4 is 0 Å². The van der Waals surface area contributed by atoms with Gasteiger partial charge in [0.1, 0.15) is 0 Å². The van der Waals surface area contributed by atoms with Gasteiger partial charge in [0.15, 0.2) is 0 Å². The van der Waals surface area contributed by atoms with Crippen molar-refractivity contribution in [2.24, 2.45) is 7.05 Å². The summed E-state index contributed by atoms with van der Waals surface area (Å²) in [4.78, 5) is 0. The Bertz CT molecular complexity index is 893. The molecule has 1 aliphatic rings. The van der Waals surface area contributed by atoms with Gasteiger partial charge in [0.25, 0.3) is 0 Å². The summed E-state index contributed by atoms with van der Waals surface area (Å²) >= 11 is 3.62. The first-order chi connectivity index (χ1) is 11.3. The number of aryl methyl sites for hydroxylation is 1. The molecule has 2 aromatic carbocycles. The van der Waals surface area contributed by atoms with E-state index >= 15 is 0 Å². The summed E-state index contributed by atoms with van der Waals surface area (Å²) in [5.74, 6) is 0. The van der Waals surface area contributed by atoms with E-state index in [9.17, 15) is 0 Å². The lowest BCUT2D eigenvalue weighted by atomic mass is 9.94. The van der Waals surface area contributed by atoms with Gasteiger partial charge in [-0.15, -0.1) is 0 Å². The van der Waals surface area contributed by atoms with Crippen molar-refractivity contribution in [1.82, 2.24) is 4.57 Å². The number of hydrogen-bond acceptors (Lipinski definition) is 1. The average molecular weight is 368 g/mol. The van der Waals surface area contributed by atoms with E-state index in [2.05, 4.69) is 82.2 Å². The molecule has 1 aliphatic heterocycles. The van der Waals surface area contributed by atoms with Crippen molar-refractivity contribution in [3.8, 4) is 0 Å². The van der Waals surface area contributed by atoms with Crippen LogP contribution in [-0.2, 0) is 18.4 Å². The molecule has 3 aromatic rings. The highest BCUT2D eigenvalue weighted by molar-refractivity contribution is 9.10. The molecule has 3 heteroatoms. The van der Waals surface area contributed by atoms with Crippen LogP contribution in [0.4, 0.5) is 0 Å². The topological polar surface area (TPSA) is 14.2 Å². The fraction of sp³-hybridized carbons (Fsp3) is 0.200. The summed E-state index contributed by atoms with van der Waals surface area (Å²) in [6.07, 6.45) is 3.25. The van der Waals surface area contributed by atoms with Gasteiger partial charge in [-0.2, -0.15) is 0 Å². The Kier molecular flexibility index (Phi) is 3.83. The molecule has 0 N–H and O–H groups in total. The number of ether oxygens (including phenoxy) is 1. The molecule has 0 unspecified atom stereocenters. The van der Waals surface area contributed by atoms with Crippen LogP contribution in [0.5, 0.6) is 0 Å². The van der Waals surface area contributed by atoms with Gasteiger partial charge in [0, 0.05) is 28.0 Å². The lowest BCUT2D eigenvalue weighted by molar-refractivity contribution is 0.120. The summed E-state index contributed by atoms with van der Waals surface area (Å²) < 4.78 is 9.22. The minimum absolute atomic E-state index is 0.655. The third-order valence-electron chi connectivity index (χ3n) is 4.49. The lowest BCUT2D eigenvalue weighted by Crippen LogP contribution is -2.06. The molecular weight excluding hydrogens is 350 g/mol. The maximum absolute atomic E-state index is 5.85. The Morgan fingerprint density at radius 1 is 1.09 bits per heavy atom. The van der Waals surface area contributed by atoms with Crippen molar-refractivity contribution in [3.05, 3.63) is 75.9 Å². The Morgan fingerprint density at radius 2 is 1.91 bits per heavy atom. The predicted molar refractivity (Wildman–Crippen MR) is 98.4 cm³/mol. The van der Waals surface area contributed by atoms with Crippen LogP contribution in [-0.4, -0.2) is 11.2 Å². The first kappa shape index (κ1) is 14.7. The van der Waals surface area contributed by atoms with Crippen molar-refractivity contribution < 1.29 is 4.74 Å². The molecule has 0 saturated carbocycles. The van der Waals surface area contributed by atoms with Gasteiger partial charge in [-0.05, 0) is 35.8 Å². The molecule has 0 radical (unpaired) electrons. The summed E-state index contributed by atoms with van der Waals surface area (Å²) in [7, 11) is 2.13. The van der Waals surface area contributed by atoms with Crippen LogP contribution in [0.3, 0.4) is 0 Å². The highest BCUT2D eigenvalue weighted by Gasteiger charge is 2.20. The van der Waals surface area contributed by atoms with Crippen LogP contribution in [0.15, 0.2) is 59.1 Å². The fourth-order valence-electron chi connectivity index (χ4n) is 3.38. The van der Waals surface area contributed by atoms with Gasteiger partial charge in [0.2, 0.25) is 0 Å². The van der Waals surface area contributed by atoms with E-state index < -0.39 is 0 Å². The van der Waals surface area contributed by atoms with Crippen LogP contribution in [0.2, 0.25) is 0 Å². The zero-order chi connectivity index (χ0) is 15.8. The molecule has 0 aliphatic carbocycles. The molecule has 1 aromatic heterocycles. The van der Waals surface area contributed by atoms with Crippen molar-refractivity contribution in [2.75, 3.05) is 6.61 Å². The van der Waals surface area contributed by atoms with E-state index in [4.69, 9.17) is 4.74 Å². The second-order valence-corrected chi connectivity index (χ2v) is 6.78. The molecule has 4 rings (SSSR count). The van der Waals surface area contributed by atoms with Crippen molar-refractivity contribution >= 4 is 32.4 Å². The molecule has 0 fully saturated rings. The summed E-state index contributed by atoms with van der Waals surface area (Å²) in [5.41, 5.74) is 6.36. The zero-order valence-corrected chi connectivity index (χ0v) is 14.6. The van der Waals surface area contributed by atoms with Crippen molar-refractivity contribution in [3.63, 3.8) is 0 Å². The second kappa shape index (κ2) is 5.99. The van der Waals surface area contributed by atoms with Crippen LogP contribution >= 0.6 is 15.9 Å². The largest absolute Gasteiger partial charge is 0.375 e. The van der Waals surface area contributed by atoms with E-state index in [-0.39, 0.29) is 0 Å². The number of fused-ring (bicyclic) bond motifs is 3. The number of rotatable bonds is 1. The van der Waals surface area contributed by atoms with E-state index in [1.807, 2.05) is 0 Å². The molecule has 0 saturated heterocycles. The number of nitrogens with zero attached hydrogens (tertiary/aromatic N) is 1. The summed E-state index contributed by atoms with van der Waals surface area (Å²) in [5, 5.41) is 1.28. The molecule has 0 amide bonds. The lowest BCUT2D eigenvalue weighted by Gasteiger charge is -2.15. The zero-order valence-electron chi connectivity index (χ0n) is 13.1. The maximum Gasteiger partial charge on any atom is 0.0874 e. The molecular formula is C20H18BrNO. The van der Waals surface area contributed by atoms with Gasteiger partial charge >= 0.3 is 0 Å². The number of hydrogen-bond donors (Lipinski definition) is 0. The average Bonchev–Trinajstić information content (AvgIpc) is 2.80. The maximum atomic E-state index is 5.85. The first-order valence-electron chi connectivity index (χ1n) is 7.86. The van der Waals surface area contributed by atoms with Gasteiger partial charge < -0.3 is 9.30 Å². The highest BCUT2D eigenvalue weighted by atomic mass is 79.9.